The van der Waals surface area contributed by atoms with Crippen LogP contribution in [0.3, 0.4) is 0 Å². The van der Waals surface area contributed by atoms with Gasteiger partial charge in [0.2, 0.25) is 5.91 Å². The van der Waals surface area contributed by atoms with Crippen molar-refractivity contribution >= 4 is 29.0 Å². The molecule has 4 aromatic rings. The first-order chi connectivity index (χ1) is 21.3. The average Bonchev–Trinajstić information content (AvgIpc) is 3.64. The third-order valence-electron chi connectivity index (χ3n) is 8.34. The van der Waals surface area contributed by atoms with E-state index in [1.54, 1.807) is 33.8 Å². The number of carbonyl (C=O) groups is 2. The molecule has 1 saturated heterocycles. The van der Waals surface area contributed by atoms with Crippen LogP contribution in [0.4, 0.5) is 20.3 Å². The SMILES string of the molecule is C#CCn1cc(-c2cnc3c(Nc4ccc(C(=O)N5CCN(C(=O)[C@H]6C[C@H](N)C6)CC5)c(CC)c4)nccn23)c(C(F)F)n1. The fraction of sp³-hybridized carbons (Fsp3) is 0.387. The van der Waals surface area contributed by atoms with Gasteiger partial charge in [-0.3, -0.25) is 18.7 Å². The minimum atomic E-state index is -2.79. The molecule has 13 heteroatoms. The number of halogens is 2. The summed E-state index contributed by atoms with van der Waals surface area (Å²) in [4.78, 5) is 38.7. The van der Waals surface area contributed by atoms with E-state index in [2.05, 4.69) is 26.3 Å². The molecule has 1 aliphatic carbocycles. The van der Waals surface area contributed by atoms with Crippen LogP contribution in [0.2, 0.25) is 0 Å². The van der Waals surface area contributed by atoms with Crippen molar-refractivity contribution in [2.24, 2.45) is 11.7 Å². The molecule has 0 bridgehead atoms. The summed E-state index contributed by atoms with van der Waals surface area (Å²) in [5.74, 6) is 2.92. The van der Waals surface area contributed by atoms with Gasteiger partial charge >= 0.3 is 0 Å². The molecule has 0 radical (unpaired) electrons. The van der Waals surface area contributed by atoms with Crippen LogP contribution in [0.1, 0.15) is 47.8 Å². The van der Waals surface area contributed by atoms with Crippen LogP contribution in [0.25, 0.3) is 16.9 Å². The number of aromatic nitrogens is 5. The summed E-state index contributed by atoms with van der Waals surface area (Å²) in [6.45, 7) is 4.04. The lowest BCUT2D eigenvalue weighted by atomic mass is 9.80. The number of imidazole rings is 1. The monoisotopic (exact) mass is 601 g/mol. The van der Waals surface area contributed by atoms with Crippen LogP contribution in [-0.2, 0) is 17.8 Å². The molecule has 3 aromatic heterocycles. The number of amides is 2. The fourth-order valence-electron chi connectivity index (χ4n) is 5.91. The van der Waals surface area contributed by atoms with Crippen molar-refractivity contribution < 1.29 is 18.4 Å². The van der Waals surface area contributed by atoms with Gasteiger partial charge < -0.3 is 20.9 Å². The smallest absolute Gasteiger partial charge is 0.282 e. The number of piperazine rings is 1. The highest BCUT2D eigenvalue weighted by atomic mass is 19.3. The van der Waals surface area contributed by atoms with Crippen molar-refractivity contribution in [2.45, 2.75) is 45.2 Å². The first-order valence-corrected chi connectivity index (χ1v) is 14.6. The van der Waals surface area contributed by atoms with E-state index in [4.69, 9.17) is 12.2 Å². The third kappa shape index (κ3) is 5.48. The van der Waals surface area contributed by atoms with Crippen LogP contribution < -0.4 is 11.1 Å². The normalized spacial score (nSPS) is 18.4. The van der Waals surface area contributed by atoms with Crippen molar-refractivity contribution in [3.05, 3.63) is 59.8 Å². The van der Waals surface area contributed by atoms with E-state index in [1.165, 1.54) is 17.1 Å². The van der Waals surface area contributed by atoms with Gasteiger partial charge in [-0.25, -0.2) is 18.7 Å². The topological polar surface area (TPSA) is 127 Å². The molecule has 1 aliphatic heterocycles. The Balaban J connectivity index is 1.19. The predicted octanol–water partition coefficient (Wildman–Crippen LogP) is 3.49. The van der Waals surface area contributed by atoms with Gasteiger partial charge in [0, 0.05) is 73.5 Å². The van der Waals surface area contributed by atoms with Gasteiger partial charge in [0.15, 0.2) is 11.5 Å². The number of alkyl halides is 2. The molecule has 2 amide bonds. The second-order valence-corrected chi connectivity index (χ2v) is 11.1. The van der Waals surface area contributed by atoms with Crippen molar-refractivity contribution in [3.8, 4) is 23.6 Å². The number of hydrogen-bond acceptors (Lipinski definition) is 7. The van der Waals surface area contributed by atoms with Gasteiger partial charge in [-0.1, -0.05) is 12.8 Å². The van der Waals surface area contributed by atoms with E-state index < -0.39 is 6.43 Å². The third-order valence-corrected chi connectivity index (χ3v) is 8.34. The molecular formula is C31H33F2N9O2. The zero-order valence-corrected chi connectivity index (χ0v) is 24.3. The molecule has 0 spiro atoms. The van der Waals surface area contributed by atoms with Crippen molar-refractivity contribution in [2.75, 3.05) is 31.5 Å². The number of aryl methyl sites for hydroxylation is 1. The molecule has 11 nitrogen and oxygen atoms in total. The standard InChI is InChI=1S/C31H33F2N9O2/c1-3-8-41-18-24(26(38-41)27(32)33)25-17-36-29-28(35-7-9-42(25)29)37-22-5-6-23(19(4-2)16-22)31(44)40-12-10-39(11-13-40)30(43)20-14-21(34)15-20/h1,5-7,9,16-18,20-21,27H,4,8,10-15,34H2,2H3,(H,35,37)/t20-,21-. The molecule has 2 aliphatic rings. The maximum Gasteiger partial charge on any atom is 0.282 e. The van der Waals surface area contributed by atoms with E-state index in [9.17, 15) is 18.4 Å². The first-order valence-electron chi connectivity index (χ1n) is 14.6. The van der Waals surface area contributed by atoms with Gasteiger partial charge in [0.05, 0.1) is 11.9 Å². The van der Waals surface area contributed by atoms with Gasteiger partial charge in [0.25, 0.3) is 12.3 Å². The van der Waals surface area contributed by atoms with Gasteiger partial charge in [-0.15, -0.1) is 6.42 Å². The van der Waals surface area contributed by atoms with Gasteiger partial charge in [-0.2, -0.15) is 5.10 Å². The molecule has 3 N–H and O–H groups in total. The van der Waals surface area contributed by atoms with E-state index in [0.717, 1.165) is 18.4 Å². The number of benzene rings is 1. The predicted molar refractivity (Wildman–Crippen MR) is 160 cm³/mol. The van der Waals surface area contributed by atoms with Crippen LogP contribution >= 0.6 is 0 Å². The lowest BCUT2D eigenvalue weighted by molar-refractivity contribution is -0.140. The van der Waals surface area contributed by atoms with Crippen molar-refractivity contribution in [3.63, 3.8) is 0 Å². The number of carbonyl (C=O) groups excluding carboxylic acids is 2. The average molecular weight is 602 g/mol. The Kier molecular flexibility index (Phi) is 8.01. The lowest BCUT2D eigenvalue weighted by Gasteiger charge is -2.40. The van der Waals surface area contributed by atoms with E-state index in [0.29, 0.717) is 61.0 Å². The Morgan fingerprint density at radius 2 is 1.91 bits per heavy atom. The van der Waals surface area contributed by atoms with Crippen molar-refractivity contribution in [1.82, 2.24) is 33.9 Å². The van der Waals surface area contributed by atoms with Crippen LogP contribution in [0.5, 0.6) is 0 Å². The Hall–Kier alpha value is -4.83. The minimum Gasteiger partial charge on any atom is -0.339 e. The highest BCUT2D eigenvalue weighted by molar-refractivity contribution is 5.96. The minimum absolute atomic E-state index is 0.0147. The van der Waals surface area contributed by atoms with Gasteiger partial charge in [-0.05, 0) is 43.0 Å². The Bertz CT molecular complexity index is 1740. The summed E-state index contributed by atoms with van der Waals surface area (Å²) in [6, 6.07) is 5.62. The molecular weight excluding hydrogens is 568 g/mol. The van der Waals surface area contributed by atoms with Crippen LogP contribution in [0, 0.1) is 18.3 Å². The summed E-state index contributed by atoms with van der Waals surface area (Å²) in [6.07, 6.45) is 10.8. The van der Waals surface area contributed by atoms with Crippen LogP contribution in [-0.4, -0.2) is 78.0 Å². The molecule has 228 valence electrons. The molecule has 1 saturated carbocycles. The highest BCUT2D eigenvalue weighted by Gasteiger charge is 2.36. The number of nitrogens with zero attached hydrogens (tertiary/aromatic N) is 7. The molecule has 44 heavy (non-hydrogen) atoms. The summed E-state index contributed by atoms with van der Waals surface area (Å²) in [7, 11) is 0. The summed E-state index contributed by atoms with van der Waals surface area (Å²) >= 11 is 0. The Labute approximate surface area is 253 Å². The number of terminal acetylenes is 1. The lowest BCUT2D eigenvalue weighted by Crippen LogP contribution is -2.54. The molecule has 6 rings (SSSR count). The zero-order valence-electron chi connectivity index (χ0n) is 24.3. The number of hydrogen-bond donors (Lipinski definition) is 2. The summed E-state index contributed by atoms with van der Waals surface area (Å²) < 4.78 is 30.6. The Morgan fingerprint density at radius 1 is 1.16 bits per heavy atom. The van der Waals surface area contributed by atoms with E-state index in [-0.39, 0.29) is 41.6 Å². The first kappa shape index (κ1) is 29.3. The quantitative estimate of drug-likeness (QED) is 0.296. The fourth-order valence-corrected chi connectivity index (χ4v) is 5.91. The van der Waals surface area contributed by atoms with E-state index >= 15 is 0 Å². The summed E-state index contributed by atoms with van der Waals surface area (Å²) in [5.41, 5.74) is 8.74. The number of nitrogens with two attached hydrogens (primary N) is 1. The zero-order chi connectivity index (χ0) is 31.0. The number of rotatable bonds is 8. The molecule has 4 heterocycles. The Morgan fingerprint density at radius 3 is 2.59 bits per heavy atom. The maximum absolute atomic E-state index is 13.8. The van der Waals surface area contributed by atoms with E-state index in [1.807, 2.05) is 17.9 Å². The molecule has 2 fully saturated rings. The molecule has 0 unspecified atom stereocenters. The number of nitrogens with one attached hydrogen (secondary N) is 1. The number of anilines is 2. The summed E-state index contributed by atoms with van der Waals surface area (Å²) in [5, 5.41) is 7.22. The van der Waals surface area contributed by atoms with Crippen molar-refractivity contribution in [1.29, 1.82) is 0 Å². The maximum atomic E-state index is 13.8. The second kappa shape index (κ2) is 12.0. The molecule has 1 aromatic carbocycles. The second-order valence-electron chi connectivity index (χ2n) is 11.1. The highest BCUT2D eigenvalue weighted by Crippen LogP contribution is 2.32. The van der Waals surface area contributed by atoms with Crippen LogP contribution in [0.15, 0.2) is 43.0 Å². The molecule has 0 atom stereocenters. The largest absolute Gasteiger partial charge is 0.339 e. The number of fused-ring (bicyclic) bond motifs is 1. The van der Waals surface area contributed by atoms with Gasteiger partial charge in [0.1, 0.15) is 12.2 Å².